The Morgan fingerprint density at radius 1 is 0.750 bits per heavy atom. The molecule has 4 aromatic carbocycles. The average Bonchev–Trinajstić information content (AvgIpc) is 2.99. The van der Waals surface area contributed by atoms with Crippen LogP contribution >= 0.6 is 0 Å². The predicted molar refractivity (Wildman–Crippen MR) is 176 cm³/mol. The summed E-state index contributed by atoms with van der Waals surface area (Å²) < 4.78 is 29.5. The molecule has 4 aromatic rings. The van der Waals surface area contributed by atoms with E-state index < -0.39 is 28.5 Å². The molecule has 0 fully saturated rings. The second-order valence-corrected chi connectivity index (χ2v) is 13.4. The molecule has 0 aliphatic carbocycles. The summed E-state index contributed by atoms with van der Waals surface area (Å²) in [5.74, 6) is -0.777. The molecule has 0 aromatic heterocycles. The van der Waals surface area contributed by atoms with E-state index in [0.29, 0.717) is 11.3 Å². The van der Waals surface area contributed by atoms with Crippen LogP contribution < -0.4 is 9.62 Å². The maximum Gasteiger partial charge on any atom is 0.264 e. The van der Waals surface area contributed by atoms with Crippen LogP contribution in [0.3, 0.4) is 0 Å². The Morgan fingerprint density at radius 3 is 2.00 bits per heavy atom. The normalized spacial score (nSPS) is 12.0. The van der Waals surface area contributed by atoms with Crippen LogP contribution in [0.15, 0.2) is 108 Å². The van der Waals surface area contributed by atoms with E-state index in [1.807, 2.05) is 101 Å². The summed E-state index contributed by atoms with van der Waals surface area (Å²) in [6, 6.07) is 29.9. The van der Waals surface area contributed by atoms with Gasteiger partial charge in [-0.2, -0.15) is 0 Å². The maximum absolute atomic E-state index is 14.6. The van der Waals surface area contributed by atoms with Crippen molar-refractivity contribution in [2.75, 3.05) is 10.8 Å². The number of rotatable bonds is 12. The van der Waals surface area contributed by atoms with Crippen LogP contribution in [0.25, 0.3) is 0 Å². The van der Waals surface area contributed by atoms with E-state index in [-0.39, 0.29) is 29.8 Å². The molecule has 44 heavy (non-hydrogen) atoms. The van der Waals surface area contributed by atoms with Crippen molar-refractivity contribution in [3.8, 4) is 0 Å². The van der Waals surface area contributed by atoms with Crippen molar-refractivity contribution in [3.05, 3.63) is 131 Å². The first-order valence-electron chi connectivity index (χ1n) is 14.8. The molecule has 0 aliphatic rings. The Balaban J connectivity index is 1.83. The van der Waals surface area contributed by atoms with Gasteiger partial charge >= 0.3 is 0 Å². The van der Waals surface area contributed by atoms with Gasteiger partial charge in [0.15, 0.2) is 0 Å². The van der Waals surface area contributed by atoms with Crippen LogP contribution in [0, 0.1) is 20.8 Å². The number of carbonyl (C=O) groups is 2. The standard InChI is InChI=1S/C36H41N3O4S/c1-26(2)37-36(41)34(23-30-14-8-6-9-15-30)38(24-31-16-12-13-27(3)21-31)35(40)25-39(33-22-28(4)19-20-29(33)5)44(42,43)32-17-10-7-11-18-32/h6-22,26,34H,23-25H2,1-5H3,(H,37,41)/t34-/m0/s1. The van der Waals surface area contributed by atoms with E-state index in [2.05, 4.69) is 5.32 Å². The highest BCUT2D eigenvalue weighted by Crippen LogP contribution is 2.29. The lowest BCUT2D eigenvalue weighted by atomic mass is 10.0. The minimum atomic E-state index is -4.14. The molecule has 8 heteroatoms. The monoisotopic (exact) mass is 611 g/mol. The number of amides is 2. The summed E-state index contributed by atoms with van der Waals surface area (Å²) in [5.41, 5.74) is 4.75. The van der Waals surface area contributed by atoms with Crippen molar-refractivity contribution in [3.63, 3.8) is 0 Å². The fourth-order valence-corrected chi connectivity index (χ4v) is 6.65. The molecule has 0 spiro atoms. The highest BCUT2D eigenvalue weighted by atomic mass is 32.2. The van der Waals surface area contributed by atoms with Crippen LogP contribution in [0.4, 0.5) is 5.69 Å². The van der Waals surface area contributed by atoms with E-state index >= 15 is 0 Å². The van der Waals surface area contributed by atoms with Gasteiger partial charge in [-0.15, -0.1) is 0 Å². The van der Waals surface area contributed by atoms with Gasteiger partial charge in [0.1, 0.15) is 12.6 Å². The number of carbonyl (C=O) groups excluding carboxylic acids is 2. The van der Waals surface area contributed by atoms with Gasteiger partial charge in [0.05, 0.1) is 10.6 Å². The second kappa shape index (κ2) is 14.4. The fourth-order valence-electron chi connectivity index (χ4n) is 5.16. The number of aryl methyl sites for hydroxylation is 3. The highest BCUT2D eigenvalue weighted by molar-refractivity contribution is 7.92. The molecule has 0 saturated heterocycles. The molecule has 7 nitrogen and oxygen atoms in total. The van der Waals surface area contributed by atoms with Gasteiger partial charge in [-0.05, 0) is 75.1 Å². The van der Waals surface area contributed by atoms with Gasteiger partial charge in [-0.3, -0.25) is 13.9 Å². The van der Waals surface area contributed by atoms with Crippen molar-refractivity contribution < 1.29 is 18.0 Å². The summed E-state index contributed by atoms with van der Waals surface area (Å²) in [6.45, 7) is 9.08. The first-order valence-corrected chi connectivity index (χ1v) is 16.2. The second-order valence-electron chi connectivity index (χ2n) is 11.5. The summed E-state index contributed by atoms with van der Waals surface area (Å²) in [5, 5.41) is 2.99. The molecule has 1 N–H and O–H groups in total. The Kier molecular flexibility index (Phi) is 10.6. The zero-order chi connectivity index (χ0) is 31.9. The molecule has 0 saturated carbocycles. The van der Waals surface area contributed by atoms with E-state index in [9.17, 15) is 18.0 Å². The SMILES string of the molecule is Cc1cccc(CN(C(=O)CN(c2cc(C)ccc2C)S(=O)(=O)c2ccccc2)[C@@H](Cc2ccccc2)C(=O)NC(C)C)c1. The van der Waals surface area contributed by atoms with E-state index in [1.54, 1.807) is 24.3 Å². The van der Waals surface area contributed by atoms with Gasteiger partial charge in [-0.1, -0.05) is 90.5 Å². The zero-order valence-electron chi connectivity index (χ0n) is 26.0. The summed E-state index contributed by atoms with van der Waals surface area (Å²) in [4.78, 5) is 30.0. The van der Waals surface area contributed by atoms with Crippen molar-refractivity contribution in [1.29, 1.82) is 0 Å². The Labute approximate surface area is 261 Å². The van der Waals surface area contributed by atoms with Crippen molar-refractivity contribution in [2.24, 2.45) is 0 Å². The molecule has 2 amide bonds. The fraction of sp³-hybridized carbons (Fsp3) is 0.278. The van der Waals surface area contributed by atoms with Crippen molar-refractivity contribution in [2.45, 2.75) is 64.6 Å². The topological polar surface area (TPSA) is 86.8 Å². The number of benzene rings is 4. The summed E-state index contributed by atoms with van der Waals surface area (Å²) in [7, 11) is -4.14. The minimum Gasteiger partial charge on any atom is -0.352 e. The molecule has 0 radical (unpaired) electrons. The average molecular weight is 612 g/mol. The first-order chi connectivity index (χ1) is 21.0. The Hall–Kier alpha value is -4.43. The van der Waals surface area contributed by atoms with Crippen LogP contribution in [-0.2, 0) is 32.6 Å². The molecule has 0 heterocycles. The Morgan fingerprint density at radius 2 is 1.36 bits per heavy atom. The number of nitrogens with one attached hydrogen (secondary N) is 1. The van der Waals surface area contributed by atoms with Crippen LogP contribution in [0.1, 0.15) is 41.7 Å². The molecule has 230 valence electrons. The lowest BCUT2D eigenvalue weighted by Crippen LogP contribution is -2.54. The van der Waals surface area contributed by atoms with Gasteiger partial charge in [0.25, 0.3) is 10.0 Å². The molecular formula is C36H41N3O4S. The van der Waals surface area contributed by atoms with E-state index in [0.717, 1.165) is 22.3 Å². The minimum absolute atomic E-state index is 0.0809. The number of hydrogen-bond acceptors (Lipinski definition) is 4. The number of anilines is 1. The Bertz CT molecular complexity index is 1690. The zero-order valence-corrected chi connectivity index (χ0v) is 26.8. The molecule has 0 bridgehead atoms. The quantitative estimate of drug-likeness (QED) is 0.214. The summed E-state index contributed by atoms with van der Waals surface area (Å²) >= 11 is 0. The largest absolute Gasteiger partial charge is 0.352 e. The number of nitrogens with zero attached hydrogens (tertiary/aromatic N) is 2. The third-order valence-corrected chi connectivity index (χ3v) is 9.15. The molecule has 0 unspecified atom stereocenters. The van der Waals surface area contributed by atoms with Gasteiger partial charge in [0, 0.05) is 19.0 Å². The van der Waals surface area contributed by atoms with Crippen molar-refractivity contribution >= 4 is 27.5 Å². The van der Waals surface area contributed by atoms with Crippen LogP contribution in [0.2, 0.25) is 0 Å². The maximum atomic E-state index is 14.6. The third-order valence-electron chi connectivity index (χ3n) is 7.38. The van der Waals surface area contributed by atoms with Crippen molar-refractivity contribution in [1.82, 2.24) is 10.2 Å². The molecule has 4 rings (SSSR count). The number of sulfonamides is 1. The number of hydrogen-bond donors (Lipinski definition) is 1. The lowest BCUT2D eigenvalue weighted by Gasteiger charge is -2.34. The van der Waals surface area contributed by atoms with Crippen LogP contribution in [-0.4, -0.2) is 43.8 Å². The lowest BCUT2D eigenvalue weighted by molar-refractivity contribution is -0.140. The third kappa shape index (κ3) is 8.14. The first kappa shape index (κ1) is 32.5. The summed E-state index contributed by atoms with van der Waals surface area (Å²) in [6.07, 6.45) is 0.270. The van der Waals surface area contributed by atoms with Gasteiger partial charge < -0.3 is 10.2 Å². The molecule has 0 aliphatic heterocycles. The van der Waals surface area contributed by atoms with E-state index in [4.69, 9.17) is 0 Å². The predicted octanol–water partition coefficient (Wildman–Crippen LogP) is 5.97. The molecule has 1 atom stereocenters. The van der Waals surface area contributed by atoms with Gasteiger partial charge in [-0.25, -0.2) is 8.42 Å². The smallest absolute Gasteiger partial charge is 0.264 e. The van der Waals surface area contributed by atoms with Crippen LogP contribution in [0.5, 0.6) is 0 Å². The van der Waals surface area contributed by atoms with E-state index in [1.165, 1.54) is 21.3 Å². The highest BCUT2D eigenvalue weighted by Gasteiger charge is 2.35. The van der Waals surface area contributed by atoms with Gasteiger partial charge in [0.2, 0.25) is 11.8 Å². The molecular weight excluding hydrogens is 570 g/mol.